The largest absolute Gasteiger partial charge is 0.328 e. The molecule has 1 fully saturated rings. The summed E-state index contributed by atoms with van der Waals surface area (Å²) in [6.45, 7) is 1.65. The van der Waals surface area contributed by atoms with Gasteiger partial charge in [-0.25, -0.2) is 0 Å². The van der Waals surface area contributed by atoms with Crippen LogP contribution in [0.15, 0.2) is 23.1 Å². The van der Waals surface area contributed by atoms with Crippen LogP contribution in [0.5, 0.6) is 0 Å². The first-order valence-corrected chi connectivity index (χ1v) is 5.32. The van der Waals surface area contributed by atoms with Crippen LogP contribution in [0.25, 0.3) is 0 Å². The van der Waals surface area contributed by atoms with Crippen molar-refractivity contribution in [3.8, 4) is 6.07 Å². The number of carbonyl (C=O) groups is 1. The molecular weight excluding hydrogens is 220 g/mol. The van der Waals surface area contributed by atoms with E-state index in [1.54, 1.807) is 0 Å². The summed E-state index contributed by atoms with van der Waals surface area (Å²) in [7, 11) is 0. The number of aromatic nitrogens is 1. The van der Waals surface area contributed by atoms with Gasteiger partial charge < -0.3 is 15.2 Å². The van der Waals surface area contributed by atoms with Gasteiger partial charge in [-0.2, -0.15) is 5.26 Å². The molecule has 1 atom stereocenters. The van der Waals surface area contributed by atoms with Crippen molar-refractivity contribution in [3.05, 3.63) is 34.2 Å². The van der Waals surface area contributed by atoms with Crippen LogP contribution in [0.2, 0.25) is 0 Å². The molecule has 6 nitrogen and oxygen atoms in total. The molecule has 6 heteroatoms. The van der Waals surface area contributed by atoms with Crippen LogP contribution in [-0.4, -0.2) is 41.5 Å². The Labute approximate surface area is 97.9 Å². The zero-order chi connectivity index (χ0) is 12.3. The quantitative estimate of drug-likeness (QED) is 0.671. The number of hydrogen-bond donors (Lipinski definition) is 2. The van der Waals surface area contributed by atoms with E-state index in [1.807, 2.05) is 0 Å². The average Bonchev–Trinajstić information content (AvgIpc) is 2.39. The third kappa shape index (κ3) is 2.34. The monoisotopic (exact) mass is 232 g/mol. The Kier molecular flexibility index (Phi) is 3.21. The van der Waals surface area contributed by atoms with E-state index >= 15 is 0 Å². The van der Waals surface area contributed by atoms with Crippen LogP contribution in [0, 0.1) is 11.3 Å². The van der Waals surface area contributed by atoms with Crippen LogP contribution in [-0.2, 0) is 0 Å². The molecule has 2 N–H and O–H groups in total. The third-order valence-electron chi connectivity index (χ3n) is 2.68. The molecule has 0 aromatic carbocycles. The van der Waals surface area contributed by atoms with Gasteiger partial charge in [0.1, 0.15) is 6.04 Å². The molecule has 2 rings (SSSR count). The molecule has 0 aliphatic carbocycles. The van der Waals surface area contributed by atoms with Gasteiger partial charge in [0.2, 0.25) is 5.56 Å². The molecule has 1 aliphatic heterocycles. The molecule has 0 spiro atoms. The first-order valence-electron chi connectivity index (χ1n) is 5.32. The number of nitrogens with zero attached hydrogens (tertiary/aromatic N) is 2. The van der Waals surface area contributed by atoms with E-state index in [4.69, 9.17) is 5.26 Å². The van der Waals surface area contributed by atoms with Gasteiger partial charge in [0.15, 0.2) is 0 Å². The van der Waals surface area contributed by atoms with Gasteiger partial charge in [0, 0.05) is 31.9 Å². The zero-order valence-corrected chi connectivity index (χ0v) is 9.14. The maximum absolute atomic E-state index is 12.1. The highest BCUT2D eigenvalue weighted by Crippen LogP contribution is 2.08. The van der Waals surface area contributed by atoms with E-state index in [2.05, 4.69) is 16.4 Å². The molecule has 1 saturated heterocycles. The number of amides is 1. The van der Waals surface area contributed by atoms with Crippen molar-refractivity contribution in [2.24, 2.45) is 0 Å². The Morgan fingerprint density at radius 3 is 3.00 bits per heavy atom. The average molecular weight is 232 g/mol. The highest BCUT2D eigenvalue weighted by Gasteiger charge is 2.26. The fraction of sp³-hybridized carbons (Fsp3) is 0.364. The highest BCUT2D eigenvalue weighted by atomic mass is 16.2. The van der Waals surface area contributed by atoms with Crippen molar-refractivity contribution in [2.75, 3.05) is 19.6 Å². The Balaban J connectivity index is 2.21. The van der Waals surface area contributed by atoms with Crippen LogP contribution in [0.4, 0.5) is 0 Å². The molecule has 1 aromatic rings. The molecule has 2 heterocycles. The van der Waals surface area contributed by atoms with E-state index in [0.717, 1.165) is 0 Å². The minimum Gasteiger partial charge on any atom is -0.328 e. The molecule has 88 valence electrons. The predicted octanol–water partition coefficient (Wildman–Crippen LogP) is -0.688. The molecule has 0 bridgehead atoms. The van der Waals surface area contributed by atoms with Gasteiger partial charge >= 0.3 is 0 Å². The summed E-state index contributed by atoms with van der Waals surface area (Å²) >= 11 is 0. The number of piperazine rings is 1. The molecule has 1 unspecified atom stereocenters. The Morgan fingerprint density at radius 1 is 1.53 bits per heavy atom. The summed E-state index contributed by atoms with van der Waals surface area (Å²) in [6.07, 6.45) is 1.38. The fourth-order valence-electron chi connectivity index (χ4n) is 1.77. The third-order valence-corrected chi connectivity index (χ3v) is 2.68. The van der Waals surface area contributed by atoms with Crippen LogP contribution >= 0.6 is 0 Å². The summed E-state index contributed by atoms with van der Waals surface area (Å²) in [5.74, 6) is -0.227. The second-order valence-corrected chi connectivity index (χ2v) is 3.79. The number of pyridine rings is 1. The lowest BCUT2D eigenvalue weighted by atomic mass is 10.1. The maximum atomic E-state index is 12.1. The normalized spacial score (nSPS) is 19.7. The van der Waals surface area contributed by atoms with Gasteiger partial charge in [-0.05, 0) is 6.07 Å². The molecule has 17 heavy (non-hydrogen) atoms. The molecule has 0 saturated carbocycles. The summed E-state index contributed by atoms with van der Waals surface area (Å²) in [6, 6.07) is 4.40. The van der Waals surface area contributed by atoms with Crippen molar-refractivity contribution < 1.29 is 4.79 Å². The van der Waals surface area contributed by atoms with E-state index < -0.39 is 6.04 Å². The Hall–Kier alpha value is -2.13. The maximum Gasteiger partial charge on any atom is 0.256 e. The molecule has 1 amide bonds. The smallest absolute Gasteiger partial charge is 0.256 e. The van der Waals surface area contributed by atoms with Crippen LogP contribution in [0.3, 0.4) is 0 Å². The van der Waals surface area contributed by atoms with E-state index in [0.29, 0.717) is 25.2 Å². The van der Waals surface area contributed by atoms with Gasteiger partial charge in [-0.15, -0.1) is 0 Å². The summed E-state index contributed by atoms with van der Waals surface area (Å²) < 4.78 is 0. The summed E-state index contributed by atoms with van der Waals surface area (Å²) in [4.78, 5) is 27.0. The predicted molar refractivity (Wildman–Crippen MR) is 60.4 cm³/mol. The Morgan fingerprint density at radius 2 is 2.35 bits per heavy atom. The lowest BCUT2D eigenvalue weighted by Crippen LogP contribution is -2.53. The highest BCUT2D eigenvalue weighted by molar-refractivity contribution is 5.94. The number of aromatic amines is 1. The molecule has 1 aromatic heterocycles. The standard InChI is InChI=1S/C11H12N4O2/c12-5-9-7-13-3-4-15(9)11(17)8-1-2-10(16)14-6-8/h1-2,6,9,13H,3-4,7H2,(H,14,16). The minimum atomic E-state index is -0.455. The number of carbonyl (C=O) groups excluding carboxylic acids is 1. The molecular formula is C11H12N4O2. The lowest BCUT2D eigenvalue weighted by Gasteiger charge is -2.31. The zero-order valence-electron chi connectivity index (χ0n) is 9.14. The topological polar surface area (TPSA) is 89.0 Å². The van der Waals surface area contributed by atoms with Crippen LogP contribution < -0.4 is 10.9 Å². The first-order chi connectivity index (χ1) is 8.22. The lowest BCUT2D eigenvalue weighted by molar-refractivity contribution is 0.0686. The second kappa shape index (κ2) is 4.80. The van der Waals surface area contributed by atoms with E-state index in [9.17, 15) is 9.59 Å². The summed E-state index contributed by atoms with van der Waals surface area (Å²) in [5, 5.41) is 12.0. The van der Waals surface area contributed by atoms with Gasteiger partial charge in [-0.3, -0.25) is 9.59 Å². The van der Waals surface area contributed by atoms with Crippen molar-refractivity contribution in [3.63, 3.8) is 0 Å². The van der Waals surface area contributed by atoms with Gasteiger partial charge in [0.25, 0.3) is 5.91 Å². The number of H-pyrrole nitrogens is 1. The fourth-order valence-corrected chi connectivity index (χ4v) is 1.77. The van der Waals surface area contributed by atoms with Crippen molar-refractivity contribution in [1.82, 2.24) is 15.2 Å². The van der Waals surface area contributed by atoms with Crippen LogP contribution in [0.1, 0.15) is 10.4 Å². The summed E-state index contributed by atoms with van der Waals surface area (Å²) in [5.41, 5.74) is 0.144. The van der Waals surface area contributed by atoms with E-state index in [-0.39, 0.29) is 11.5 Å². The number of nitrogens with one attached hydrogen (secondary N) is 2. The van der Waals surface area contributed by atoms with Crippen molar-refractivity contribution in [1.29, 1.82) is 5.26 Å². The minimum absolute atomic E-state index is 0.227. The number of rotatable bonds is 1. The number of nitriles is 1. The Bertz CT molecular complexity index is 496. The first kappa shape index (κ1) is 11.4. The molecule has 0 radical (unpaired) electrons. The SMILES string of the molecule is N#CC1CNCCN1C(=O)c1ccc(=O)[nH]c1. The number of hydrogen-bond acceptors (Lipinski definition) is 4. The molecule has 1 aliphatic rings. The van der Waals surface area contributed by atoms with Crippen molar-refractivity contribution >= 4 is 5.91 Å². The van der Waals surface area contributed by atoms with Gasteiger partial charge in [-0.1, -0.05) is 0 Å². The van der Waals surface area contributed by atoms with Crippen molar-refractivity contribution in [2.45, 2.75) is 6.04 Å². The second-order valence-electron chi connectivity index (χ2n) is 3.79. The van der Waals surface area contributed by atoms with E-state index in [1.165, 1.54) is 23.2 Å². The van der Waals surface area contributed by atoms with Gasteiger partial charge in [0.05, 0.1) is 11.6 Å².